The predicted molar refractivity (Wildman–Crippen MR) is 93.6 cm³/mol. The van der Waals surface area contributed by atoms with Crippen molar-refractivity contribution in [2.75, 3.05) is 29.8 Å². The van der Waals surface area contributed by atoms with Crippen molar-refractivity contribution in [3.05, 3.63) is 0 Å². The Morgan fingerprint density at radius 3 is 1.95 bits per heavy atom. The van der Waals surface area contributed by atoms with Gasteiger partial charge in [0.05, 0.1) is 0 Å². The molecule has 0 radical (unpaired) electrons. The zero-order chi connectivity index (χ0) is 15.1. The average Bonchev–Trinajstić information content (AvgIpc) is 2.44. The van der Waals surface area contributed by atoms with Gasteiger partial charge in [-0.25, -0.2) is 0 Å². The quantitative estimate of drug-likeness (QED) is 0.325. The van der Waals surface area contributed by atoms with Crippen LogP contribution >= 0.6 is 11.8 Å². The SMILES string of the molecule is CCCC[O][Sn]([CH2]CCCCN)([CH2]SC)[O]CCCC. The van der Waals surface area contributed by atoms with Crippen LogP contribution in [0.1, 0.15) is 58.8 Å². The Morgan fingerprint density at radius 1 is 0.900 bits per heavy atom. The summed E-state index contributed by atoms with van der Waals surface area (Å²) < 4.78 is 15.1. The van der Waals surface area contributed by atoms with Gasteiger partial charge in [-0.15, -0.1) is 0 Å². The molecule has 0 saturated carbocycles. The molecule has 3 nitrogen and oxygen atoms in total. The molecule has 0 aliphatic rings. The number of thioether (sulfide) groups is 1. The Kier molecular flexibility index (Phi) is 15.7. The van der Waals surface area contributed by atoms with Crippen LogP contribution in [0.4, 0.5) is 0 Å². The minimum atomic E-state index is -2.83. The summed E-state index contributed by atoms with van der Waals surface area (Å²) in [6, 6.07) is 0. The van der Waals surface area contributed by atoms with Gasteiger partial charge in [-0.1, -0.05) is 0 Å². The van der Waals surface area contributed by atoms with Crippen molar-refractivity contribution in [2.45, 2.75) is 63.2 Å². The van der Waals surface area contributed by atoms with Gasteiger partial charge in [0.15, 0.2) is 0 Å². The molecule has 20 heavy (non-hydrogen) atoms. The first kappa shape index (κ1) is 21.0. The van der Waals surface area contributed by atoms with Gasteiger partial charge in [0, 0.05) is 0 Å². The number of unbranched alkanes of at least 4 members (excludes halogenated alkanes) is 4. The summed E-state index contributed by atoms with van der Waals surface area (Å²) in [6.07, 6.45) is 10.5. The van der Waals surface area contributed by atoms with Crippen LogP contribution in [0.25, 0.3) is 0 Å². The maximum absolute atomic E-state index is 6.37. The maximum atomic E-state index is 6.37. The van der Waals surface area contributed by atoms with Gasteiger partial charge in [-0.3, -0.25) is 0 Å². The average molecular weight is 412 g/mol. The zero-order valence-corrected chi connectivity index (χ0v) is 17.5. The molecule has 5 heteroatoms. The monoisotopic (exact) mass is 413 g/mol. The first-order chi connectivity index (χ1) is 9.74. The molecule has 0 spiro atoms. The Hall–Kier alpha value is 1.03. The molecule has 0 aromatic carbocycles. The zero-order valence-electron chi connectivity index (χ0n) is 13.8. The van der Waals surface area contributed by atoms with E-state index in [1.807, 2.05) is 11.8 Å². The van der Waals surface area contributed by atoms with Crippen LogP contribution in [0, 0.1) is 0 Å². The van der Waals surface area contributed by atoms with Crippen molar-refractivity contribution in [1.82, 2.24) is 0 Å². The van der Waals surface area contributed by atoms with Crippen molar-refractivity contribution in [3.8, 4) is 0 Å². The summed E-state index contributed by atoms with van der Waals surface area (Å²) >= 11 is -0.921. The topological polar surface area (TPSA) is 44.5 Å². The molecule has 0 rings (SSSR count). The fourth-order valence-electron chi connectivity index (χ4n) is 2.08. The molecule has 2 N–H and O–H groups in total. The van der Waals surface area contributed by atoms with Gasteiger partial charge in [0.2, 0.25) is 0 Å². The van der Waals surface area contributed by atoms with E-state index in [0.29, 0.717) is 0 Å². The third-order valence-corrected chi connectivity index (χ3v) is 17.7. The molecule has 0 heterocycles. The van der Waals surface area contributed by atoms with E-state index in [1.54, 1.807) is 0 Å². The molecule has 0 aromatic rings. The van der Waals surface area contributed by atoms with E-state index in [0.717, 1.165) is 42.8 Å². The van der Waals surface area contributed by atoms with Crippen LogP contribution in [-0.4, -0.2) is 49.0 Å². The molecule has 0 amide bonds. The van der Waals surface area contributed by atoms with Crippen LogP contribution in [-0.2, 0) is 6.15 Å². The summed E-state index contributed by atoms with van der Waals surface area (Å²) in [7, 11) is 0. The van der Waals surface area contributed by atoms with Crippen molar-refractivity contribution < 1.29 is 6.15 Å². The number of hydrogen-bond donors (Lipinski definition) is 1. The van der Waals surface area contributed by atoms with Gasteiger partial charge in [0.25, 0.3) is 0 Å². The normalized spacial score (nSPS) is 12.0. The molecule has 0 unspecified atom stereocenters. The van der Waals surface area contributed by atoms with Crippen LogP contribution in [0.5, 0.6) is 0 Å². The Labute approximate surface area is 135 Å². The minimum absolute atomic E-state index is 0.804. The van der Waals surface area contributed by atoms with E-state index in [2.05, 4.69) is 20.1 Å². The van der Waals surface area contributed by atoms with E-state index < -0.39 is 19.2 Å². The van der Waals surface area contributed by atoms with Gasteiger partial charge >= 0.3 is 136 Å². The molecule has 0 bridgehead atoms. The second kappa shape index (κ2) is 14.9. The molecule has 0 aliphatic carbocycles. The molecular weight excluding hydrogens is 377 g/mol. The van der Waals surface area contributed by atoms with Gasteiger partial charge in [-0.05, 0) is 0 Å². The van der Waals surface area contributed by atoms with Crippen LogP contribution in [0.2, 0.25) is 4.44 Å². The molecule has 0 aromatic heterocycles. The summed E-state index contributed by atoms with van der Waals surface area (Å²) in [6.45, 7) is 7.04. The van der Waals surface area contributed by atoms with E-state index >= 15 is 0 Å². The van der Waals surface area contributed by atoms with Crippen LogP contribution in [0.15, 0.2) is 0 Å². The molecule has 0 atom stereocenters. The van der Waals surface area contributed by atoms with Gasteiger partial charge in [-0.2, -0.15) is 0 Å². The van der Waals surface area contributed by atoms with E-state index in [4.69, 9.17) is 11.9 Å². The van der Waals surface area contributed by atoms with E-state index in [1.165, 1.54) is 30.1 Å². The Bertz CT molecular complexity index is 198. The number of hydrogen-bond acceptors (Lipinski definition) is 4. The van der Waals surface area contributed by atoms with Crippen molar-refractivity contribution in [3.63, 3.8) is 0 Å². The number of nitrogens with two attached hydrogens (primary N) is 1. The van der Waals surface area contributed by atoms with Crippen LogP contribution in [0.3, 0.4) is 0 Å². The summed E-state index contributed by atoms with van der Waals surface area (Å²) in [5.41, 5.74) is 5.58. The Balaban J connectivity index is 4.37. The van der Waals surface area contributed by atoms with Crippen LogP contribution < -0.4 is 5.73 Å². The molecule has 0 saturated heterocycles. The fourth-order valence-corrected chi connectivity index (χ4v) is 15.5. The molecule has 122 valence electrons. The second-order valence-corrected chi connectivity index (χ2v) is 17.0. The summed E-state index contributed by atoms with van der Waals surface area (Å²) in [5.74, 6) is 0. The second-order valence-electron chi connectivity index (χ2n) is 5.35. The molecule has 0 fully saturated rings. The number of rotatable bonds is 15. The Morgan fingerprint density at radius 2 is 1.50 bits per heavy atom. The van der Waals surface area contributed by atoms with Crippen molar-refractivity contribution in [2.24, 2.45) is 5.73 Å². The third kappa shape index (κ3) is 10.7. The summed E-state index contributed by atoms with van der Waals surface area (Å²) in [5, 5.41) is 0. The molecule has 0 aliphatic heterocycles. The first-order valence-electron chi connectivity index (χ1n) is 8.21. The van der Waals surface area contributed by atoms with Crippen molar-refractivity contribution in [1.29, 1.82) is 0 Å². The predicted octanol–water partition coefficient (Wildman–Crippen LogP) is 4.09. The van der Waals surface area contributed by atoms with E-state index in [9.17, 15) is 0 Å². The third-order valence-electron chi connectivity index (χ3n) is 3.35. The first-order valence-corrected chi connectivity index (χ1v) is 16.0. The summed E-state index contributed by atoms with van der Waals surface area (Å²) in [4.78, 5) is 0. The van der Waals surface area contributed by atoms with E-state index in [-0.39, 0.29) is 0 Å². The van der Waals surface area contributed by atoms with Crippen molar-refractivity contribution >= 4 is 31.0 Å². The van der Waals surface area contributed by atoms with Gasteiger partial charge < -0.3 is 0 Å². The van der Waals surface area contributed by atoms with Gasteiger partial charge in [0.1, 0.15) is 0 Å². The standard InChI is InChI=1S/C5H12N.2C4H9O.C2H5S.Sn/c1-2-3-4-5-6;2*1-2-3-4-5;1-3-2;/h1-6H2;2*2-4H2,1H3;1H2,2H3;/q;2*-1;;+2. The fraction of sp³-hybridized carbons (Fsp3) is 1.00. The molecular formula is C15H35NO2SSn.